The molecule has 2 heterocycles. The maximum Gasteiger partial charge on any atom is 0.155 e. The van der Waals surface area contributed by atoms with Crippen LogP contribution in [0.15, 0.2) is 18.5 Å². The third-order valence-electron chi connectivity index (χ3n) is 1.71. The molecule has 0 aliphatic rings. The lowest BCUT2D eigenvalue weighted by Crippen LogP contribution is -1.87. The molecule has 60 valence electrons. The van der Waals surface area contributed by atoms with Crippen LogP contribution in [-0.4, -0.2) is 16.3 Å². The number of carbonyl (C=O) groups is 1. The maximum absolute atomic E-state index is 10.6. The van der Waals surface area contributed by atoms with E-state index in [1.165, 1.54) is 0 Å². The number of carbonyl (C=O) groups excluding carboxylic acids is 1. The number of fused-ring (bicyclic) bond motifs is 1. The molecule has 12 heavy (non-hydrogen) atoms. The van der Waals surface area contributed by atoms with Crippen LogP contribution < -0.4 is 0 Å². The number of nitrogens with zero attached hydrogens (tertiary/aromatic N) is 1. The van der Waals surface area contributed by atoms with Crippen LogP contribution in [0.5, 0.6) is 0 Å². The first kappa shape index (κ1) is 7.31. The number of hydrogen-bond acceptors (Lipinski definition) is 2. The number of aromatic amines is 1. The monoisotopic (exact) mass is 180 g/mol. The van der Waals surface area contributed by atoms with Crippen molar-refractivity contribution in [3.05, 3.63) is 29.2 Å². The summed E-state index contributed by atoms with van der Waals surface area (Å²) in [6.07, 6.45) is 4.07. The lowest BCUT2D eigenvalue weighted by atomic mass is 10.2. The van der Waals surface area contributed by atoms with Gasteiger partial charge in [-0.15, -0.1) is 0 Å². The molecule has 0 amide bonds. The van der Waals surface area contributed by atoms with E-state index < -0.39 is 0 Å². The molecular formula is C8H5ClN2O. The average Bonchev–Trinajstić information content (AvgIpc) is 2.52. The van der Waals surface area contributed by atoms with Crippen LogP contribution in [0.4, 0.5) is 0 Å². The highest BCUT2D eigenvalue weighted by Gasteiger charge is 2.06. The molecule has 0 aromatic carbocycles. The highest BCUT2D eigenvalue weighted by molar-refractivity contribution is 6.33. The van der Waals surface area contributed by atoms with Crippen molar-refractivity contribution in [2.24, 2.45) is 0 Å². The summed E-state index contributed by atoms with van der Waals surface area (Å²) in [6.45, 7) is 0. The highest BCUT2D eigenvalue weighted by Crippen LogP contribution is 2.20. The Morgan fingerprint density at radius 3 is 3.17 bits per heavy atom. The summed E-state index contributed by atoms with van der Waals surface area (Å²) >= 11 is 5.70. The summed E-state index contributed by atoms with van der Waals surface area (Å²) in [7, 11) is 0. The molecule has 4 heteroatoms. The molecule has 1 N–H and O–H groups in total. The molecule has 0 unspecified atom stereocenters. The van der Waals surface area contributed by atoms with Gasteiger partial charge in [0.05, 0.1) is 11.1 Å². The molecule has 0 radical (unpaired) electrons. The first-order chi connectivity index (χ1) is 5.83. The number of hydrogen-bond donors (Lipinski definition) is 1. The highest BCUT2D eigenvalue weighted by atomic mass is 35.5. The predicted molar refractivity (Wildman–Crippen MR) is 46.5 cm³/mol. The topological polar surface area (TPSA) is 45.8 Å². The Kier molecular flexibility index (Phi) is 1.59. The molecule has 0 aliphatic heterocycles. The van der Waals surface area contributed by atoms with Gasteiger partial charge in [0.2, 0.25) is 0 Å². The number of rotatable bonds is 1. The first-order valence-corrected chi connectivity index (χ1v) is 3.77. The van der Waals surface area contributed by atoms with Crippen LogP contribution in [0.1, 0.15) is 10.4 Å². The van der Waals surface area contributed by atoms with Crippen molar-refractivity contribution >= 4 is 28.8 Å². The minimum atomic E-state index is 0.236. The molecule has 2 aromatic rings. The zero-order chi connectivity index (χ0) is 8.55. The Morgan fingerprint density at radius 1 is 1.58 bits per heavy atom. The molecule has 0 saturated carbocycles. The summed E-state index contributed by atoms with van der Waals surface area (Å²) in [5, 5.41) is 1.13. The van der Waals surface area contributed by atoms with Gasteiger partial charge < -0.3 is 4.98 Å². The zero-order valence-electron chi connectivity index (χ0n) is 6.04. The predicted octanol–water partition coefficient (Wildman–Crippen LogP) is 2.03. The average molecular weight is 181 g/mol. The van der Waals surface area contributed by atoms with Gasteiger partial charge in [-0.2, -0.15) is 0 Å². The number of pyridine rings is 1. The van der Waals surface area contributed by atoms with E-state index >= 15 is 0 Å². The molecule has 0 atom stereocenters. The van der Waals surface area contributed by atoms with E-state index in [4.69, 9.17) is 11.6 Å². The molecule has 0 spiro atoms. The lowest BCUT2D eigenvalue weighted by Gasteiger charge is -1.95. The molecule has 0 bridgehead atoms. The largest absolute Gasteiger partial charge is 0.360 e. The van der Waals surface area contributed by atoms with Crippen LogP contribution in [0.3, 0.4) is 0 Å². The minimum absolute atomic E-state index is 0.236. The van der Waals surface area contributed by atoms with E-state index in [9.17, 15) is 4.79 Å². The van der Waals surface area contributed by atoms with Crippen molar-refractivity contribution < 1.29 is 4.79 Å². The number of aldehydes is 1. The van der Waals surface area contributed by atoms with Crippen molar-refractivity contribution in [1.29, 1.82) is 0 Å². The summed E-state index contributed by atoms with van der Waals surface area (Å²) in [4.78, 5) is 17.4. The lowest BCUT2D eigenvalue weighted by molar-refractivity contribution is 0.112. The summed E-state index contributed by atoms with van der Waals surface area (Å²) < 4.78 is 0. The molecule has 3 nitrogen and oxygen atoms in total. The fourth-order valence-corrected chi connectivity index (χ4v) is 1.32. The van der Waals surface area contributed by atoms with Crippen LogP contribution in [0.25, 0.3) is 10.9 Å². The third kappa shape index (κ3) is 0.905. The molecule has 0 saturated heterocycles. The van der Waals surface area contributed by atoms with Gasteiger partial charge in [-0.1, -0.05) is 11.6 Å². The van der Waals surface area contributed by atoms with E-state index in [-0.39, 0.29) is 5.15 Å². The molecule has 0 aliphatic carbocycles. The standard InChI is InChI=1S/C8H5ClN2O/c9-8-6(4-12)7-5(3-11-8)1-2-10-7/h1-4,10H. The Bertz CT molecular complexity index is 436. The van der Waals surface area contributed by atoms with Crippen LogP contribution in [0, 0.1) is 0 Å². The van der Waals surface area contributed by atoms with E-state index in [0.717, 1.165) is 10.9 Å². The molecular weight excluding hydrogens is 176 g/mol. The second-order valence-electron chi connectivity index (χ2n) is 2.39. The van der Waals surface area contributed by atoms with Crippen LogP contribution in [0.2, 0.25) is 5.15 Å². The fraction of sp³-hybridized carbons (Fsp3) is 0. The normalized spacial score (nSPS) is 10.4. The van der Waals surface area contributed by atoms with Crippen molar-refractivity contribution in [1.82, 2.24) is 9.97 Å². The number of nitrogens with one attached hydrogen (secondary N) is 1. The van der Waals surface area contributed by atoms with Gasteiger partial charge in [-0.25, -0.2) is 4.98 Å². The Morgan fingerprint density at radius 2 is 2.42 bits per heavy atom. The van der Waals surface area contributed by atoms with Crippen molar-refractivity contribution in [2.45, 2.75) is 0 Å². The number of halogens is 1. The van der Waals surface area contributed by atoms with E-state index in [2.05, 4.69) is 9.97 Å². The second-order valence-corrected chi connectivity index (χ2v) is 2.75. The van der Waals surface area contributed by atoms with Gasteiger partial charge in [0.25, 0.3) is 0 Å². The van der Waals surface area contributed by atoms with E-state index in [0.29, 0.717) is 11.8 Å². The molecule has 0 fully saturated rings. The maximum atomic E-state index is 10.6. The van der Waals surface area contributed by atoms with E-state index in [1.54, 1.807) is 12.4 Å². The van der Waals surface area contributed by atoms with Gasteiger partial charge in [0, 0.05) is 17.8 Å². The summed E-state index contributed by atoms with van der Waals surface area (Å²) in [5.41, 5.74) is 1.16. The van der Waals surface area contributed by atoms with E-state index in [1.807, 2.05) is 6.07 Å². The Labute approximate surface area is 73.4 Å². The minimum Gasteiger partial charge on any atom is -0.360 e. The smallest absolute Gasteiger partial charge is 0.155 e. The van der Waals surface area contributed by atoms with Crippen LogP contribution >= 0.6 is 11.6 Å². The quantitative estimate of drug-likeness (QED) is 0.539. The number of aromatic nitrogens is 2. The molecule has 2 aromatic heterocycles. The third-order valence-corrected chi connectivity index (χ3v) is 2.01. The van der Waals surface area contributed by atoms with Gasteiger partial charge in [-0.05, 0) is 6.07 Å². The van der Waals surface area contributed by atoms with Crippen LogP contribution in [-0.2, 0) is 0 Å². The zero-order valence-corrected chi connectivity index (χ0v) is 6.80. The number of H-pyrrole nitrogens is 1. The fourth-order valence-electron chi connectivity index (χ4n) is 1.13. The van der Waals surface area contributed by atoms with Gasteiger partial charge in [0.15, 0.2) is 6.29 Å². The first-order valence-electron chi connectivity index (χ1n) is 3.39. The second kappa shape index (κ2) is 2.60. The Balaban J connectivity index is 2.91. The van der Waals surface area contributed by atoms with Crippen molar-refractivity contribution in [3.63, 3.8) is 0 Å². The van der Waals surface area contributed by atoms with Crippen molar-refractivity contribution in [2.75, 3.05) is 0 Å². The SMILES string of the molecule is O=Cc1c(Cl)ncc2cc[nH]c12. The summed E-state index contributed by atoms with van der Waals surface area (Å²) in [5.74, 6) is 0. The van der Waals surface area contributed by atoms with Gasteiger partial charge in [0.1, 0.15) is 5.15 Å². The van der Waals surface area contributed by atoms with Gasteiger partial charge >= 0.3 is 0 Å². The Hall–Kier alpha value is -1.35. The summed E-state index contributed by atoms with van der Waals surface area (Å²) in [6, 6.07) is 1.84. The van der Waals surface area contributed by atoms with Gasteiger partial charge in [-0.3, -0.25) is 4.79 Å². The molecule has 2 rings (SSSR count). The van der Waals surface area contributed by atoms with Crippen molar-refractivity contribution in [3.8, 4) is 0 Å².